The van der Waals surface area contributed by atoms with Gasteiger partial charge >= 0.3 is 0 Å². The number of rotatable bonds is 6. The third-order valence-electron chi connectivity index (χ3n) is 4.77. The molecule has 0 aliphatic carbocycles. The standard InChI is InChI=1S/C19H25N5O2/c1-2-21-13-14-8-10-23(11-9-14)19(26)16-12-17(18(20)25)24(22-16)15-6-4-3-5-7-15/h3-7,12,14,21H,2,8-11,13H2,1H3,(H2,20,25). The fraction of sp³-hybridized carbons (Fsp3) is 0.421. The van der Waals surface area contributed by atoms with Gasteiger partial charge in [-0.2, -0.15) is 5.10 Å². The Kier molecular flexibility index (Phi) is 5.68. The van der Waals surface area contributed by atoms with Crippen molar-refractivity contribution in [1.82, 2.24) is 20.0 Å². The van der Waals surface area contributed by atoms with Crippen LogP contribution in [0.1, 0.15) is 40.7 Å². The molecule has 1 fully saturated rings. The van der Waals surface area contributed by atoms with Crippen LogP contribution in [0.3, 0.4) is 0 Å². The van der Waals surface area contributed by atoms with E-state index in [9.17, 15) is 9.59 Å². The quantitative estimate of drug-likeness (QED) is 0.820. The first-order valence-corrected chi connectivity index (χ1v) is 9.05. The number of piperidine rings is 1. The molecule has 1 saturated heterocycles. The lowest BCUT2D eigenvalue weighted by Crippen LogP contribution is -2.41. The molecule has 26 heavy (non-hydrogen) atoms. The van der Waals surface area contributed by atoms with Crippen molar-refractivity contribution < 1.29 is 9.59 Å². The number of nitrogens with two attached hydrogens (primary N) is 1. The molecule has 0 spiro atoms. The van der Waals surface area contributed by atoms with Crippen LogP contribution >= 0.6 is 0 Å². The molecule has 7 heteroatoms. The number of hydrogen-bond donors (Lipinski definition) is 2. The SMILES string of the molecule is CCNCC1CCN(C(=O)c2cc(C(N)=O)n(-c3ccccc3)n2)CC1. The summed E-state index contributed by atoms with van der Waals surface area (Å²) in [6.07, 6.45) is 1.95. The van der Waals surface area contributed by atoms with Crippen LogP contribution in [-0.2, 0) is 0 Å². The van der Waals surface area contributed by atoms with E-state index in [2.05, 4.69) is 17.3 Å². The van der Waals surface area contributed by atoms with Crippen molar-refractivity contribution in [3.63, 3.8) is 0 Å². The minimum Gasteiger partial charge on any atom is -0.364 e. The van der Waals surface area contributed by atoms with Crippen molar-refractivity contribution in [1.29, 1.82) is 0 Å². The van der Waals surface area contributed by atoms with Crippen molar-refractivity contribution in [3.05, 3.63) is 47.8 Å². The van der Waals surface area contributed by atoms with Crippen molar-refractivity contribution in [2.24, 2.45) is 11.7 Å². The van der Waals surface area contributed by atoms with Gasteiger partial charge in [0.15, 0.2) is 5.69 Å². The molecule has 1 aromatic carbocycles. The Bertz CT molecular complexity index is 763. The summed E-state index contributed by atoms with van der Waals surface area (Å²) in [7, 11) is 0. The van der Waals surface area contributed by atoms with Gasteiger partial charge in [0, 0.05) is 19.2 Å². The molecule has 1 aliphatic rings. The van der Waals surface area contributed by atoms with Gasteiger partial charge in [0.1, 0.15) is 5.69 Å². The largest absolute Gasteiger partial charge is 0.364 e. The number of carbonyl (C=O) groups excluding carboxylic acids is 2. The zero-order valence-corrected chi connectivity index (χ0v) is 15.0. The summed E-state index contributed by atoms with van der Waals surface area (Å²) in [5.41, 5.74) is 6.64. The second-order valence-corrected chi connectivity index (χ2v) is 6.57. The van der Waals surface area contributed by atoms with Gasteiger partial charge in [0.05, 0.1) is 5.69 Å². The van der Waals surface area contributed by atoms with Gasteiger partial charge < -0.3 is 16.0 Å². The number of aromatic nitrogens is 2. The molecule has 0 bridgehead atoms. The van der Waals surface area contributed by atoms with Crippen molar-refractivity contribution in [2.75, 3.05) is 26.2 Å². The summed E-state index contributed by atoms with van der Waals surface area (Å²) in [4.78, 5) is 26.4. The number of likely N-dealkylation sites (tertiary alicyclic amines) is 1. The van der Waals surface area contributed by atoms with E-state index in [1.165, 1.54) is 10.7 Å². The molecule has 1 aliphatic heterocycles. The third-order valence-corrected chi connectivity index (χ3v) is 4.77. The Balaban J connectivity index is 1.75. The molecule has 2 aromatic rings. The minimum absolute atomic E-state index is 0.149. The highest BCUT2D eigenvalue weighted by molar-refractivity contribution is 5.97. The van der Waals surface area contributed by atoms with Gasteiger partial charge in [0.2, 0.25) is 0 Å². The number of amides is 2. The number of benzene rings is 1. The third kappa shape index (κ3) is 3.94. The fourth-order valence-electron chi connectivity index (χ4n) is 3.28. The van der Waals surface area contributed by atoms with Gasteiger partial charge in [-0.05, 0) is 44.0 Å². The molecule has 0 unspecified atom stereocenters. The molecule has 2 heterocycles. The zero-order chi connectivity index (χ0) is 18.5. The highest BCUT2D eigenvalue weighted by Gasteiger charge is 2.26. The van der Waals surface area contributed by atoms with Crippen LogP contribution in [-0.4, -0.2) is 52.7 Å². The topological polar surface area (TPSA) is 93.3 Å². The summed E-state index contributed by atoms with van der Waals surface area (Å²) in [6, 6.07) is 10.7. The molecule has 0 saturated carbocycles. The van der Waals surface area contributed by atoms with Crippen molar-refractivity contribution in [3.8, 4) is 5.69 Å². The molecular formula is C19H25N5O2. The Hall–Kier alpha value is -2.67. The van der Waals surface area contributed by atoms with E-state index in [-0.39, 0.29) is 17.3 Å². The van der Waals surface area contributed by atoms with Gasteiger partial charge in [0.25, 0.3) is 11.8 Å². The van der Waals surface area contributed by atoms with E-state index in [0.717, 1.165) is 25.9 Å². The maximum absolute atomic E-state index is 12.8. The molecule has 0 radical (unpaired) electrons. The molecule has 138 valence electrons. The molecular weight excluding hydrogens is 330 g/mol. The molecule has 0 atom stereocenters. The lowest BCUT2D eigenvalue weighted by Gasteiger charge is -2.31. The van der Waals surface area contributed by atoms with Gasteiger partial charge in [-0.1, -0.05) is 25.1 Å². The second-order valence-electron chi connectivity index (χ2n) is 6.57. The van der Waals surface area contributed by atoms with Gasteiger partial charge in [-0.15, -0.1) is 0 Å². The Morgan fingerprint density at radius 3 is 2.54 bits per heavy atom. The van der Waals surface area contributed by atoms with E-state index in [1.807, 2.05) is 35.2 Å². The fourth-order valence-corrected chi connectivity index (χ4v) is 3.28. The Morgan fingerprint density at radius 1 is 1.23 bits per heavy atom. The average Bonchev–Trinajstić information content (AvgIpc) is 3.13. The van der Waals surface area contributed by atoms with E-state index >= 15 is 0 Å². The van der Waals surface area contributed by atoms with Crippen LogP contribution in [0.4, 0.5) is 0 Å². The number of primary amides is 1. The second kappa shape index (κ2) is 8.14. The van der Waals surface area contributed by atoms with E-state index in [1.54, 1.807) is 0 Å². The Morgan fingerprint density at radius 2 is 1.92 bits per heavy atom. The number of nitrogens with one attached hydrogen (secondary N) is 1. The minimum atomic E-state index is -0.607. The first-order chi connectivity index (χ1) is 12.6. The van der Waals surface area contributed by atoms with Gasteiger partial charge in [-0.25, -0.2) is 4.68 Å². The zero-order valence-electron chi connectivity index (χ0n) is 15.0. The van der Waals surface area contributed by atoms with Crippen LogP contribution in [0.5, 0.6) is 0 Å². The van der Waals surface area contributed by atoms with E-state index in [0.29, 0.717) is 24.7 Å². The van der Waals surface area contributed by atoms with E-state index in [4.69, 9.17) is 5.73 Å². The lowest BCUT2D eigenvalue weighted by molar-refractivity contribution is 0.0683. The summed E-state index contributed by atoms with van der Waals surface area (Å²) >= 11 is 0. The molecule has 1 aromatic heterocycles. The van der Waals surface area contributed by atoms with Crippen molar-refractivity contribution in [2.45, 2.75) is 19.8 Å². The Labute approximate surface area is 153 Å². The van der Waals surface area contributed by atoms with Gasteiger partial charge in [-0.3, -0.25) is 9.59 Å². The predicted octanol–water partition coefficient (Wildman–Crippen LogP) is 1.43. The van der Waals surface area contributed by atoms with Crippen molar-refractivity contribution >= 4 is 11.8 Å². The summed E-state index contributed by atoms with van der Waals surface area (Å²) in [5, 5.41) is 7.72. The first kappa shape index (κ1) is 18.1. The molecule has 2 amide bonds. The van der Waals surface area contributed by atoms with Crippen LogP contribution in [0, 0.1) is 5.92 Å². The average molecular weight is 355 g/mol. The monoisotopic (exact) mass is 355 g/mol. The normalized spacial score (nSPS) is 15.2. The summed E-state index contributed by atoms with van der Waals surface area (Å²) in [5.74, 6) is -0.157. The molecule has 3 N–H and O–H groups in total. The molecule has 7 nitrogen and oxygen atoms in total. The number of carbonyl (C=O) groups is 2. The van der Waals surface area contributed by atoms with Crippen LogP contribution < -0.4 is 11.1 Å². The lowest BCUT2D eigenvalue weighted by atomic mass is 9.96. The maximum atomic E-state index is 12.8. The maximum Gasteiger partial charge on any atom is 0.274 e. The number of nitrogens with zero attached hydrogens (tertiary/aromatic N) is 3. The highest BCUT2D eigenvalue weighted by atomic mass is 16.2. The summed E-state index contributed by atoms with van der Waals surface area (Å²) in [6.45, 7) is 5.47. The summed E-state index contributed by atoms with van der Waals surface area (Å²) < 4.78 is 1.44. The number of hydrogen-bond acceptors (Lipinski definition) is 4. The van der Waals surface area contributed by atoms with Crippen LogP contribution in [0.2, 0.25) is 0 Å². The smallest absolute Gasteiger partial charge is 0.274 e. The first-order valence-electron chi connectivity index (χ1n) is 9.05. The van der Waals surface area contributed by atoms with E-state index < -0.39 is 5.91 Å². The van der Waals surface area contributed by atoms with Crippen LogP contribution in [0.25, 0.3) is 5.69 Å². The highest BCUT2D eigenvalue weighted by Crippen LogP contribution is 2.19. The number of para-hydroxylation sites is 1. The van der Waals surface area contributed by atoms with Crippen LogP contribution in [0.15, 0.2) is 36.4 Å². The molecule has 3 rings (SSSR count). The predicted molar refractivity (Wildman–Crippen MR) is 99.3 cm³/mol.